The topological polar surface area (TPSA) is 49.0 Å². The van der Waals surface area contributed by atoms with Crippen LogP contribution in [0.5, 0.6) is 11.5 Å². The molecule has 0 radical (unpaired) electrons. The Morgan fingerprint density at radius 3 is 2.54 bits per heavy atom. The van der Waals surface area contributed by atoms with E-state index in [0.717, 1.165) is 37.3 Å². The van der Waals surface area contributed by atoms with Crippen molar-refractivity contribution in [3.63, 3.8) is 0 Å². The lowest BCUT2D eigenvalue weighted by molar-refractivity contribution is -0.0609. The van der Waals surface area contributed by atoms with Crippen molar-refractivity contribution in [3.05, 3.63) is 35.9 Å². The van der Waals surface area contributed by atoms with Gasteiger partial charge in [-0.25, -0.2) is 0 Å². The molecule has 0 heterocycles. The van der Waals surface area contributed by atoms with Crippen LogP contribution in [0, 0.1) is 0 Å². The Bertz CT molecular complexity index is 546. The molecule has 0 spiro atoms. The zero-order chi connectivity index (χ0) is 17.4. The quantitative estimate of drug-likeness (QED) is 0.555. The third-order valence-electron chi connectivity index (χ3n) is 4.68. The van der Waals surface area contributed by atoms with Gasteiger partial charge >= 0.3 is 0 Å². The summed E-state index contributed by atoms with van der Waals surface area (Å²) in [6, 6.07) is 6.21. The molecule has 24 heavy (non-hydrogen) atoms. The Hall–Kier alpha value is -1.56. The molecule has 0 bridgehead atoms. The van der Waals surface area contributed by atoms with Crippen LogP contribution in [0.3, 0.4) is 0 Å². The monoisotopic (exact) mass is 335 g/mol. The van der Waals surface area contributed by atoms with E-state index in [2.05, 4.69) is 29.6 Å². The molecule has 134 valence electrons. The second-order valence-electron chi connectivity index (χ2n) is 6.09. The van der Waals surface area contributed by atoms with Crippen LogP contribution in [-0.4, -0.2) is 47.8 Å². The lowest BCUT2D eigenvalue weighted by Gasteiger charge is -2.36. The first kappa shape index (κ1) is 18.8. The van der Waals surface area contributed by atoms with Crippen LogP contribution in [0.15, 0.2) is 30.4 Å². The average molecular weight is 335 g/mol. The van der Waals surface area contributed by atoms with E-state index in [9.17, 15) is 0 Å². The molecule has 1 aliphatic carbocycles. The van der Waals surface area contributed by atoms with Crippen LogP contribution in [0.1, 0.15) is 24.8 Å². The van der Waals surface area contributed by atoms with Crippen LogP contribution in [0.2, 0.25) is 0 Å². The number of methoxy groups -OCH3 is 3. The predicted octanol–water partition coefficient (Wildman–Crippen LogP) is 2.89. The molecule has 0 fully saturated rings. The molecule has 1 unspecified atom stereocenters. The van der Waals surface area contributed by atoms with Gasteiger partial charge in [-0.05, 0) is 50.6 Å². The molecule has 0 amide bonds. The summed E-state index contributed by atoms with van der Waals surface area (Å²) in [6.45, 7) is 1.27. The summed E-state index contributed by atoms with van der Waals surface area (Å²) in [4.78, 5) is 0. The predicted molar refractivity (Wildman–Crippen MR) is 94.9 cm³/mol. The van der Waals surface area contributed by atoms with E-state index in [-0.39, 0.29) is 11.5 Å². The molecule has 1 aromatic carbocycles. The Balaban J connectivity index is 2.28. The maximum atomic E-state index is 5.68. The third kappa shape index (κ3) is 4.29. The molecule has 5 heteroatoms. The summed E-state index contributed by atoms with van der Waals surface area (Å²) in [5.41, 5.74) is 1.23. The Morgan fingerprint density at radius 2 is 1.96 bits per heavy atom. The number of allylic oxidation sites excluding steroid dienone is 1. The van der Waals surface area contributed by atoms with E-state index in [4.69, 9.17) is 18.9 Å². The summed E-state index contributed by atoms with van der Waals surface area (Å²) in [5.74, 6) is 1.52. The van der Waals surface area contributed by atoms with E-state index in [0.29, 0.717) is 6.79 Å². The van der Waals surface area contributed by atoms with Gasteiger partial charge < -0.3 is 24.3 Å². The minimum absolute atomic E-state index is 0.0184. The van der Waals surface area contributed by atoms with Crippen molar-refractivity contribution in [2.75, 3.05) is 41.7 Å². The molecule has 1 N–H and O–H groups in total. The summed E-state index contributed by atoms with van der Waals surface area (Å²) < 4.78 is 21.5. The Kier molecular flexibility index (Phi) is 7.09. The van der Waals surface area contributed by atoms with Gasteiger partial charge in [0.25, 0.3) is 0 Å². The van der Waals surface area contributed by atoms with Gasteiger partial charge in [-0.3, -0.25) is 0 Å². The molecule has 2 atom stereocenters. The molecule has 0 saturated carbocycles. The van der Waals surface area contributed by atoms with Crippen molar-refractivity contribution in [3.8, 4) is 11.5 Å². The van der Waals surface area contributed by atoms with E-state index in [1.54, 1.807) is 21.3 Å². The second-order valence-corrected chi connectivity index (χ2v) is 6.09. The molecule has 0 aliphatic heterocycles. The van der Waals surface area contributed by atoms with Gasteiger partial charge in [0.1, 0.15) is 6.79 Å². The SMILES string of the molecule is CNCC[C@@]1(c2ccc(OC)c(OC)c2)C=CC(OCOC)CC1. The van der Waals surface area contributed by atoms with Gasteiger partial charge in [-0.15, -0.1) is 0 Å². The third-order valence-corrected chi connectivity index (χ3v) is 4.68. The molecular formula is C19H29NO4. The van der Waals surface area contributed by atoms with Crippen molar-refractivity contribution >= 4 is 0 Å². The highest BCUT2D eigenvalue weighted by molar-refractivity contribution is 5.47. The highest BCUT2D eigenvalue weighted by atomic mass is 16.7. The Morgan fingerprint density at radius 1 is 1.17 bits per heavy atom. The highest BCUT2D eigenvalue weighted by Gasteiger charge is 2.33. The first-order chi connectivity index (χ1) is 11.7. The van der Waals surface area contributed by atoms with Crippen molar-refractivity contribution in [2.24, 2.45) is 0 Å². The molecule has 0 saturated heterocycles. The number of rotatable bonds is 9. The number of benzene rings is 1. The summed E-state index contributed by atoms with van der Waals surface area (Å²) >= 11 is 0. The molecule has 2 rings (SSSR count). The van der Waals surface area contributed by atoms with Gasteiger partial charge in [0, 0.05) is 12.5 Å². The van der Waals surface area contributed by atoms with Gasteiger partial charge in [-0.1, -0.05) is 18.2 Å². The van der Waals surface area contributed by atoms with E-state index in [1.165, 1.54) is 5.56 Å². The number of ether oxygens (including phenoxy) is 4. The summed E-state index contributed by atoms with van der Waals surface area (Å²) in [5, 5.41) is 3.27. The zero-order valence-corrected chi connectivity index (χ0v) is 15.1. The fourth-order valence-corrected chi connectivity index (χ4v) is 3.25. The average Bonchev–Trinajstić information content (AvgIpc) is 2.65. The summed E-state index contributed by atoms with van der Waals surface area (Å²) in [7, 11) is 6.96. The standard InChI is InChI=1S/C19H29NO4/c1-20-12-11-19(9-7-16(8-10-19)24-14-21-2)15-5-6-17(22-3)18(13-15)23-4/h5-7,9,13,16,20H,8,10-12,14H2,1-4H3/t16?,19-/m1/s1. The van der Waals surface area contributed by atoms with Crippen LogP contribution in [0.4, 0.5) is 0 Å². The van der Waals surface area contributed by atoms with Crippen molar-refractivity contribution < 1.29 is 18.9 Å². The number of nitrogens with one attached hydrogen (secondary N) is 1. The van der Waals surface area contributed by atoms with Crippen LogP contribution in [-0.2, 0) is 14.9 Å². The number of hydrogen-bond acceptors (Lipinski definition) is 5. The maximum absolute atomic E-state index is 5.68. The van der Waals surface area contributed by atoms with Gasteiger partial charge in [0.05, 0.1) is 20.3 Å². The first-order valence-corrected chi connectivity index (χ1v) is 8.36. The maximum Gasteiger partial charge on any atom is 0.161 e. The van der Waals surface area contributed by atoms with Crippen molar-refractivity contribution in [2.45, 2.75) is 30.8 Å². The van der Waals surface area contributed by atoms with Gasteiger partial charge in [0.2, 0.25) is 0 Å². The smallest absolute Gasteiger partial charge is 0.161 e. The molecule has 1 aromatic rings. The minimum atomic E-state index is -0.0184. The minimum Gasteiger partial charge on any atom is -0.493 e. The largest absolute Gasteiger partial charge is 0.493 e. The lowest BCUT2D eigenvalue weighted by Crippen LogP contribution is -2.33. The molecular weight excluding hydrogens is 306 g/mol. The van der Waals surface area contributed by atoms with Crippen LogP contribution >= 0.6 is 0 Å². The normalized spacial score (nSPS) is 23.2. The first-order valence-electron chi connectivity index (χ1n) is 8.36. The highest BCUT2D eigenvalue weighted by Crippen LogP contribution is 2.41. The zero-order valence-electron chi connectivity index (χ0n) is 15.1. The van der Waals surface area contributed by atoms with Crippen molar-refractivity contribution in [1.82, 2.24) is 5.32 Å². The number of hydrogen-bond donors (Lipinski definition) is 1. The fourth-order valence-electron chi connectivity index (χ4n) is 3.25. The van der Waals surface area contributed by atoms with E-state index >= 15 is 0 Å². The lowest BCUT2D eigenvalue weighted by atomic mass is 9.70. The molecule has 1 aliphatic rings. The van der Waals surface area contributed by atoms with E-state index in [1.807, 2.05) is 13.1 Å². The Labute approximate surface area is 144 Å². The van der Waals surface area contributed by atoms with Crippen molar-refractivity contribution in [1.29, 1.82) is 0 Å². The van der Waals surface area contributed by atoms with Crippen LogP contribution < -0.4 is 14.8 Å². The van der Waals surface area contributed by atoms with Gasteiger partial charge in [0.15, 0.2) is 11.5 Å². The molecule has 5 nitrogen and oxygen atoms in total. The second kappa shape index (κ2) is 9.06. The van der Waals surface area contributed by atoms with Gasteiger partial charge in [-0.2, -0.15) is 0 Å². The van der Waals surface area contributed by atoms with E-state index < -0.39 is 0 Å². The molecule has 0 aromatic heterocycles. The van der Waals surface area contributed by atoms with Crippen LogP contribution in [0.25, 0.3) is 0 Å². The summed E-state index contributed by atoms with van der Waals surface area (Å²) in [6.07, 6.45) is 7.58. The fraction of sp³-hybridized carbons (Fsp3) is 0.579.